The number of nitrogens with zero attached hydrogens (tertiary/aromatic N) is 1. The number of anilines is 1. The van der Waals surface area contributed by atoms with Crippen molar-refractivity contribution in [1.82, 2.24) is 0 Å². The fourth-order valence-electron chi connectivity index (χ4n) is 0.803. The Balaban J connectivity index is 0. The van der Waals surface area contributed by atoms with Crippen molar-refractivity contribution in [2.24, 2.45) is 0 Å². The van der Waals surface area contributed by atoms with Gasteiger partial charge >= 0.3 is 62.3 Å². The molecule has 0 fully saturated rings. The summed E-state index contributed by atoms with van der Waals surface area (Å²) in [6, 6.07) is 7.80. The molecule has 1 rings (SSSR count). The zero-order chi connectivity index (χ0) is 7.56. The largest absolute Gasteiger partial charge is 0.870 e. The quantitative estimate of drug-likeness (QED) is 0.558. The van der Waals surface area contributed by atoms with Crippen LogP contribution in [-0.4, -0.2) is 32.9 Å². The van der Waals surface area contributed by atoms with Crippen molar-refractivity contribution in [1.29, 1.82) is 0 Å². The van der Waals surface area contributed by atoms with Gasteiger partial charge in [-0.15, -0.1) is 0 Å². The summed E-state index contributed by atoms with van der Waals surface area (Å²) in [5.41, 5.74) is 1.95. The van der Waals surface area contributed by atoms with E-state index in [1.165, 1.54) is 0 Å². The minimum Gasteiger partial charge on any atom is -0.870 e. The van der Waals surface area contributed by atoms with Gasteiger partial charge in [-0.2, -0.15) is 0 Å². The predicted octanol–water partition coefficient (Wildman–Crippen LogP) is 0.193. The van der Waals surface area contributed by atoms with Gasteiger partial charge in [0.25, 0.3) is 0 Å². The maximum atomic E-state index is 5.57. The van der Waals surface area contributed by atoms with Crippen molar-refractivity contribution >= 4 is 19.0 Å². The zero-order valence-electron chi connectivity index (χ0n) is 7.23. The molecule has 0 saturated heterocycles. The van der Waals surface area contributed by atoms with Crippen LogP contribution in [0.5, 0.6) is 0 Å². The third kappa shape index (κ3) is 3.41. The molecule has 1 aromatic rings. The van der Waals surface area contributed by atoms with E-state index in [0.717, 1.165) is 11.2 Å². The molecule has 2 N–H and O–H groups in total. The first kappa shape index (κ1) is 13.6. The Hall–Kier alpha value is -0.995. The molecule has 0 aliphatic rings. The molecule has 0 atom stereocenters. The minimum absolute atomic E-state index is 0. The van der Waals surface area contributed by atoms with E-state index < -0.39 is 0 Å². The van der Waals surface area contributed by atoms with Crippen LogP contribution in [0.15, 0.2) is 24.3 Å². The molecular weight excluding hydrogens is 153 g/mol. The van der Waals surface area contributed by atoms with E-state index in [0.29, 0.717) is 0 Å². The molecule has 0 aromatic heterocycles. The van der Waals surface area contributed by atoms with E-state index in [-0.39, 0.29) is 11.0 Å². The summed E-state index contributed by atoms with van der Waals surface area (Å²) in [5, 5.41) is 0. The minimum atomic E-state index is 0. The van der Waals surface area contributed by atoms with E-state index in [9.17, 15) is 0 Å². The average Bonchev–Trinajstić information content (AvgIpc) is 1.88. The maximum Gasteiger partial charge on any atom is -0.870 e. The summed E-state index contributed by atoms with van der Waals surface area (Å²) in [4.78, 5) is 2.02. The van der Waals surface area contributed by atoms with Crippen molar-refractivity contribution in [2.75, 3.05) is 19.0 Å². The fraction of sp³-hybridized carbons (Fsp3) is 0.250. The molecular formula is C8H12BNO2. The van der Waals surface area contributed by atoms with Crippen LogP contribution in [0.1, 0.15) is 0 Å². The number of hydrogen-bond donors (Lipinski definition) is 0. The summed E-state index contributed by atoms with van der Waals surface area (Å²) in [7, 11) is 9.56. The third-order valence-electron chi connectivity index (χ3n) is 1.39. The van der Waals surface area contributed by atoms with E-state index >= 15 is 0 Å². The molecule has 3 nitrogen and oxygen atoms in total. The van der Waals surface area contributed by atoms with Gasteiger partial charge in [-0.3, -0.25) is 0 Å². The van der Waals surface area contributed by atoms with Gasteiger partial charge in [-0.25, -0.2) is 0 Å². The fourth-order valence-corrected chi connectivity index (χ4v) is 0.803. The molecule has 0 unspecified atom stereocenters. The van der Waals surface area contributed by atoms with Crippen molar-refractivity contribution in [2.45, 2.75) is 0 Å². The number of benzene rings is 1. The van der Waals surface area contributed by atoms with Gasteiger partial charge in [0.2, 0.25) is 0 Å². The Morgan fingerprint density at radius 1 is 1.17 bits per heavy atom. The Bertz CT molecular complexity index is 228. The van der Waals surface area contributed by atoms with Crippen molar-refractivity contribution < 1.29 is 11.0 Å². The van der Waals surface area contributed by atoms with E-state index in [2.05, 4.69) is 0 Å². The first-order chi connectivity index (χ1) is 4.70. The van der Waals surface area contributed by atoms with Gasteiger partial charge in [0.1, 0.15) is 0 Å². The average molecular weight is 165 g/mol. The smallest absolute Gasteiger partial charge is 0.870 e. The summed E-state index contributed by atoms with van der Waals surface area (Å²) < 4.78 is 0. The Labute approximate surface area is 74.0 Å². The molecule has 0 aliphatic carbocycles. The van der Waals surface area contributed by atoms with Crippen LogP contribution in [0.4, 0.5) is 5.69 Å². The van der Waals surface area contributed by atoms with Gasteiger partial charge < -0.3 is 11.0 Å². The Morgan fingerprint density at radius 3 is 2.08 bits per heavy atom. The first-order valence-electron chi connectivity index (χ1n) is 3.23. The molecule has 0 heterocycles. The first-order valence-corrected chi connectivity index (χ1v) is 3.23. The standard InChI is InChI=1S/C8H10BN.2H2O/c1-10(2)8-5-3-4-7(9)6-8;;/h3-6H,1-2H3;2*1H2/q+2;;/p-2. The van der Waals surface area contributed by atoms with Gasteiger partial charge in [-0.1, -0.05) is 0 Å². The number of rotatable bonds is 1. The van der Waals surface area contributed by atoms with Crippen LogP contribution in [0.3, 0.4) is 0 Å². The maximum absolute atomic E-state index is 5.57. The van der Waals surface area contributed by atoms with Crippen molar-refractivity contribution in [3.8, 4) is 0 Å². The van der Waals surface area contributed by atoms with Crippen LogP contribution in [0, 0.1) is 0 Å². The molecule has 0 radical (unpaired) electrons. The van der Waals surface area contributed by atoms with Crippen molar-refractivity contribution in [3.05, 3.63) is 24.3 Å². The number of hydrogen-bond acceptors (Lipinski definition) is 3. The van der Waals surface area contributed by atoms with Crippen LogP contribution in [0.2, 0.25) is 0 Å². The van der Waals surface area contributed by atoms with Gasteiger partial charge in [0, 0.05) is 0 Å². The summed E-state index contributed by atoms with van der Waals surface area (Å²) in [6.07, 6.45) is 0. The molecule has 0 amide bonds. The molecule has 0 spiro atoms. The van der Waals surface area contributed by atoms with Crippen LogP contribution >= 0.6 is 0 Å². The molecule has 0 bridgehead atoms. The molecule has 4 heteroatoms. The monoisotopic (exact) mass is 165 g/mol. The van der Waals surface area contributed by atoms with Gasteiger partial charge in [0.05, 0.1) is 0 Å². The Morgan fingerprint density at radius 2 is 1.75 bits per heavy atom. The molecule has 0 saturated carbocycles. The summed E-state index contributed by atoms with van der Waals surface area (Å²) in [5.74, 6) is 0. The second-order valence-electron chi connectivity index (χ2n) is 2.49. The van der Waals surface area contributed by atoms with Gasteiger partial charge in [0.15, 0.2) is 0 Å². The molecule has 12 heavy (non-hydrogen) atoms. The summed E-state index contributed by atoms with van der Waals surface area (Å²) in [6.45, 7) is 0. The van der Waals surface area contributed by atoms with E-state index in [1.54, 1.807) is 0 Å². The topological polar surface area (TPSA) is 63.2 Å². The van der Waals surface area contributed by atoms with Crippen LogP contribution in [-0.2, 0) is 0 Å². The molecule has 64 valence electrons. The Kier molecular flexibility index (Phi) is 6.37. The van der Waals surface area contributed by atoms with Crippen LogP contribution < -0.4 is 10.4 Å². The zero-order valence-corrected chi connectivity index (χ0v) is 7.23. The van der Waals surface area contributed by atoms with Gasteiger partial charge in [-0.05, 0) is 0 Å². The SMILES string of the molecule is [B+2]c1cccc(N(C)C)c1.[OH-].[OH-]. The van der Waals surface area contributed by atoms with Crippen LogP contribution in [0.25, 0.3) is 0 Å². The molecule has 1 aromatic carbocycles. The summed E-state index contributed by atoms with van der Waals surface area (Å²) >= 11 is 0. The van der Waals surface area contributed by atoms with E-state index in [4.69, 9.17) is 7.85 Å². The molecule has 0 aliphatic heterocycles. The normalized spacial score (nSPS) is 8.00. The second-order valence-corrected chi connectivity index (χ2v) is 2.49. The third-order valence-corrected chi connectivity index (χ3v) is 1.39. The van der Waals surface area contributed by atoms with Crippen molar-refractivity contribution in [3.63, 3.8) is 0 Å². The predicted molar refractivity (Wildman–Crippen MR) is 50.0 cm³/mol. The second kappa shape index (κ2) is 5.63. The van der Waals surface area contributed by atoms with E-state index in [1.807, 2.05) is 43.3 Å².